The van der Waals surface area contributed by atoms with Crippen LogP contribution in [0.1, 0.15) is 51.8 Å². The van der Waals surface area contributed by atoms with Gasteiger partial charge in [-0.15, -0.1) is 0 Å². The third-order valence-corrected chi connectivity index (χ3v) is 3.65. The quantitative estimate of drug-likeness (QED) is 0.609. The highest BCUT2D eigenvalue weighted by Gasteiger charge is 2.19. The molecule has 6 nitrogen and oxygen atoms in total. The van der Waals surface area contributed by atoms with Crippen LogP contribution in [-0.4, -0.2) is 24.1 Å². The Morgan fingerprint density at radius 3 is 2.58 bits per heavy atom. The highest BCUT2D eigenvalue weighted by molar-refractivity contribution is 5.79. The molecule has 2 N–H and O–H groups in total. The van der Waals surface area contributed by atoms with Gasteiger partial charge in [0.2, 0.25) is 5.89 Å². The first-order valence-corrected chi connectivity index (χ1v) is 8.93. The predicted octanol–water partition coefficient (Wildman–Crippen LogP) is 3.62. The zero-order chi connectivity index (χ0) is 19.2. The Balaban J connectivity index is 1.87. The smallest absolute Gasteiger partial charge is 0.213 e. The summed E-state index contributed by atoms with van der Waals surface area (Å²) in [7, 11) is 1.74. The second-order valence-electron chi connectivity index (χ2n) is 7.46. The molecular weight excluding hydrogens is 328 g/mol. The van der Waals surface area contributed by atoms with Crippen LogP contribution in [0.15, 0.2) is 39.9 Å². The molecule has 0 saturated heterocycles. The molecule has 142 valence electrons. The Kier molecular flexibility index (Phi) is 6.66. The first kappa shape index (κ1) is 19.8. The summed E-state index contributed by atoms with van der Waals surface area (Å²) in [5.74, 6) is 3.08. The Morgan fingerprint density at radius 1 is 1.23 bits per heavy atom. The van der Waals surface area contributed by atoms with Gasteiger partial charge >= 0.3 is 0 Å². The van der Waals surface area contributed by atoms with Crippen LogP contribution in [0.2, 0.25) is 0 Å². The molecule has 0 saturated carbocycles. The second-order valence-corrected chi connectivity index (χ2v) is 7.46. The van der Waals surface area contributed by atoms with Crippen LogP contribution in [-0.2, 0) is 18.5 Å². The number of oxazole rings is 1. The molecule has 0 spiro atoms. The van der Waals surface area contributed by atoms with Crippen molar-refractivity contribution in [2.24, 2.45) is 4.99 Å². The zero-order valence-electron chi connectivity index (χ0n) is 16.6. The van der Waals surface area contributed by atoms with E-state index in [9.17, 15) is 0 Å². The Labute approximate surface area is 156 Å². The molecule has 1 heterocycles. The molecule has 0 radical (unpaired) electrons. The number of hydrogen-bond acceptors (Lipinski definition) is 4. The van der Waals surface area contributed by atoms with E-state index in [1.807, 2.05) is 32.0 Å². The van der Waals surface area contributed by atoms with Gasteiger partial charge in [-0.25, -0.2) is 4.98 Å². The largest absolute Gasteiger partial charge is 0.491 e. The molecule has 26 heavy (non-hydrogen) atoms. The Bertz CT molecular complexity index is 729. The van der Waals surface area contributed by atoms with Crippen molar-refractivity contribution in [1.29, 1.82) is 0 Å². The number of aromatic nitrogens is 1. The summed E-state index contributed by atoms with van der Waals surface area (Å²) in [6, 6.07) is 8.04. The molecule has 2 rings (SSSR count). The molecule has 0 fully saturated rings. The van der Waals surface area contributed by atoms with Crippen LogP contribution in [0.4, 0.5) is 0 Å². The van der Waals surface area contributed by atoms with Crippen LogP contribution < -0.4 is 15.4 Å². The third-order valence-electron chi connectivity index (χ3n) is 3.65. The summed E-state index contributed by atoms with van der Waals surface area (Å²) in [5.41, 5.74) is 1.08. The van der Waals surface area contributed by atoms with E-state index in [1.54, 1.807) is 13.2 Å². The van der Waals surface area contributed by atoms with Crippen molar-refractivity contribution in [2.45, 2.75) is 59.2 Å². The van der Waals surface area contributed by atoms with Crippen molar-refractivity contribution in [2.75, 3.05) is 7.05 Å². The first-order valence-electron chi connectivity index (χ1n) is 8.93. The van der Waals surface area contributed by atoms with E-state index in [0.717, 1.165) is 17.1 Å². The maximum atomic E-state index is 5.79. The molecule has 0 aliphatic carbocycles. The van der Waals surface area contributed by atoms with Crippen molar-refractivity contribution in [1.82, 2.24) is 15.6 Å². The average Bonchev–Trinajstić information content (AvgIpc) is 3.04. The van der Waals surface area contributed by atoms with Gasteiger partial charge in [-0.1, -0.05) is 32.9 Å². The fraction of sp³-hybridized carbons (Fsp3) is 0.500. The summed E-state index contributed by atoms with van der Waals surface area (Å²) in [6.45, 7) is 11.5. The minimum atomic E-state index is -0.0474. The molecule has 2 aromatic rings. The summed E-state index contributed by atoms with van der Waals surface area (Å²) >= 11 is 0. The molecule has 1 aromatic carbocycles. The molecule has 0 aliphatic heterocycles. The Hall–Kier alpha value is -2.50. The maximum Gasteiger partial charge on any atom is 0.213 e. The van der Waals surface area contributed by atoms with Gasteiger partial charge in [0, 0.05) is 19.0 Å². The molecule has 0 amide bonds. The lowest BCUT2D eigenvalue weighted by Crippen LogP contribution is -2.36. The van der Waals surface area contributed by atoms with Crippen LogP contribution in [0.25, 0.3) is 0 Å². The van der Waals surface area contributed by atoms with Crippen LogP contribution >= 0.6 is 0 Å². The second kappa shape index (κ2) is 8.74. The SMILES string of the molecule is CN=C(NCc1cccc(OC(C)C)c1)NCc1ncc(C(C)(C)C)o1. The average molecular weight is 358 g/mol. The maximum absolute atomic E-state index is 5.79. The van der Waals surface area contributed by atoms with Crippen LogP contribution in [0.5, 0.6) is 5.75 Å². The van der Waals surface area contributed by atoms with E-state index in [4.69, 9.17) is 9.15 Å². The van der Waals surface area contributed by atoms with Gasteiger partial charge in [0.15, 0.2) is 5.96 Å². The summed E-state index contributed by atoms with van der Waals surface area (Å²) in [4.78, 5) is 8.56. The summed E-state index contributed by atoms with van der Waals surface area (Å²) in [6.07, 6.45) is 1.94. The minimum absolute atomic E-state index is 0.0474. The van der Waals surface area contributed by atoms with E-state index in [0.29, 0.717) is 24.9 Å². The fourth-order valence-electron chi connectivity index (χ4n) is 2.31. The van der Waals surface area contributed by atoms with E-state index in [1.165, 1.54) is 0 Å². The van der Waals surface area contributed by atoms with Crippen molar-refractivity contribution >= 4 is 5.96 Å². The number of rotatable bonds is 6. The van der Waals surface area contributed by atoms with Crippen molar-refractivity contribution in [3.63, 3.8) is 0 Å². The van der Waals surface area contributed by atoms with E-state index in [-0.39, 0.29) is 11.5 Å². The zero-order valence-corrected chi connectivity index (χ0v) is 16.6. The third kappa shape index (κ3) is 6.10. The normalized spacial score (nSPS) is 12.3. The lowest BCUT2D eigenvalue weighted by molar-refractivity contribution is 0.242. The standard InChI is InChI=1S/C20H30N4O2/c1-14(2)25-16-9-7-8-15(10-16)11-23-19(21-6)24-13-18-22-12-17(26-18)20(3,4)5/h7-10,12,14H,11,13H2,1-6H3,(H2,21,23,24). The molecule has 0 unspecified atom stereocenters. The van der Waals surface area contributed by atoms with Gasteiger partial charge < -0.3 is 19.8 Å². The molecule has 0 aliphatic rings. The van der Waals surface area contributed by atoms with Gasteiger partial charge in [0.25, 0.3) is 0 Å². The number of nitrogens with one attached hydrogen (secondary N) is 2. The van der Waals surface area contributed by atoms with E-state index in [2.05, 4.69) is 47.4 Å². The van der Waals surface area contributed by atoms with Gasteiger partial charge in [-0.2, -0.15) is 0 Å². The molecule has 0 atom stereocenters. The fourth-order valence-corrected chi connectivity index (χ4v) is 2.31. The monoisotopic (exact) mass is 358 g/mol. The lowest BCUT2D eigenvalue weighted by atomic mass is 9.94. The number of guanidine groups is 1. The van der Waals surface area contributed by atoms with Crippen molar-refractivity contribution in [3.8, 4) is 5.75 Å². The molecular formula is C20H30N4O2. The first-order chi connectivity index (χ1) is 12.3. The number of aliphatic imine (C=N–C) groups is 1. The number of ether oxygens (including phenoxy) is 1. The predicted molar refractivity (Wildman–Crippen MR) is 104 cm³/mol. The van der Waals surface area contributed by atoms with Gasteiger partial charge in [0.1, 0.15) is 11.5 Å². The van der Waals surface area contributed by atoms with E-state index < -0.39 is 0 Å². The number of nitrogens with zero attached hydrogens (tertiary/aromatic N) is 2. The van der Waals surface area contributed by atoms with E-state index >= 15 is 0 Å². The highest BCUT2D eigenvalue weighted by Crippen LogP contribution is 2.22. The summed E-state index contributed by atoms with van der Waals surface area (Å²) < 4.78 is 11.5. The molecule has 1 aromatic heterocycles. The van der Waals surface area contributed by atoms with Crippen molar-refractivity contribution in [3.05, 3.63) is 47.7 Å². The van der Waals surface area contributed by atoms with Crippen molar-refractivity contribution < 1.29 is 9.15 Å². The highest BCUT2D eigenvalue weighted by atomic mass is 16.5. The van der Waals surface area contributed by atoms with Gasteiger partial charge in [-0.3, -0.25) is 4.99 Å². The molecule has 0 bridgehead atoms. The number of benzene rings is 1. The number of hydrogen-bond donors (Lipinski definition) is 2. The minimum Gasteiger partial charge on any atom is -0.491 e. The summed E-state index contributed by atoms with van der Waals surface area (Å²) in [5, 5.41) is 6.51. The van der Waals surface area contributed by atoms with Gasteiger partial charge in [-0.05, 0) is 31.5 Å². The van der Waals surface area contributed by atoms with Gasteiger partial charge in [0.05, 0.1) is 18.8 Å². The lowest BCUT2D eigenvalue weighted by Gasteiger charge is -2.14. The van der Waals surface area contributed by atoms with Crippen LogP contribution in [0, 0.1) is 0 Å². The topological polar surface area (TPSA) is 71.7 Å². The van der Waals surface area contributed by atoms with Crippen LogP contribution in [0.3, 0.4) is 0 Å². The molecule has 6 heteroatoms. The Morgan fingerprint density at radius 2 is 1.96 bits per heavy atom.